The lowest BCUT2D eigenvalue weighted by atomic mass is 10.3. The number of hydrogen-bond acceptors (Lipinski definition) is 3. The number of methoxy groups -OCH3 is 1. The van der Waals surface area contributed by atoms with E-state index in [-0.39, 0.29) is 6.03 Å². The Labute approximate surface area is 134 Å². The highest BCUT2D eigenvalue weighted by molar-refractivity contribution is 6.31. The molecule has 118 valence electrons. The van der Waals surface area contributed by atoms with Crippen molar-refractivity contribution >= 4 is 29.1 Å². The van der Waals surface area contributed by atoms with Crippen LogP contribution in [0.25, 0.3) is 0 Å². The van der Waals surface area contributed by atoms with Gasteiger partial charge in [-0.05, 0) is 31.5 Å². The summed E-state index contributed by atoms with van der Waals surface area (Å²) in [5.74, 6) is 1.19. The van der Waals surface area contributed by atoms with Crippen LogP contribution in [0.2, 0.25) is 5.02 Å². The Morgan fingerprint density at radius 2 is 2.14 bits per heavy atom. The van der Waals surface area contributed by atoms with E-state index >= 15 is 0 Å². The molecular formula is C15H19ClN4O2. The summed E-state index contributed by atoms with van der Waals surface area (Å²) in [5, 5.41) is 10.4. The molecule has 1 aromatic heterocycles. The van der Waals surface area contributed by atoms with Crippen molar-refractivity contribution in [3.05, 3.63) is 35.0 Å². The number of hydrogen-bond donors (Lipinski definition) is 2. The molecular weight excluding hydrogens is 304 g/mol. The number of aryl methyl sites for hydroxylation is 2. The van der Waals surface area contributed by atoms with E-state index in [1.807, 2.05) is 13.0 Å². The molecule has 2 aromatic rings. The van der Waals surface area contributed by atoms with Crippen molar-refractivity contribution in [3.63, 3.8) is 0 Å². The lowest BCUT2D eigenvalue weighted by Crippen LogP contribution is -2.22. The molecule has 2 rings (SSSR count). The molecule has 0 atom stereocenters. The third-order valence-electron chi connectivity index (χ3n) is 2.99. The second kappa shape index (κ2) is 7.17. The van der Waals surface area contributed by atoms with Gasteiger partial charge < -0.3 is 10.1 Å². The average Bonchev–Trinajstić information content (AvgIpc) is 2.79. The Hall–Kier alpha value is -2.21. The summed E-state index contributed by atoms with van der Waals surface area (Å²) in [6.45, 7) is 4.68. The molecule has 0 aliphatic carbocycles. The Balaban J connectivity index is 2.12. The van der Waals surface area contributed by atoms with E-state index in [4.69, 9.17) is 16.3 Å². The van der Waals surface area contributed by atoms with E-state index in [2.05, 4.69) is 22.7 Å². The minimum absolute atomic E-state index is 0.377. The number of nitrogens with one attached hydrogen (secondary N) is 2. The molecule has 0 saturated heterocycles. The summed E-state index contributed by atoms with van der Waals surface area (Å²) in [6, 6.07) is 6.48. The number of nitrogens with zero attached hydrogens (tertiary/aromatic N) is 2. The molecule has 0 bridgehead atoms. The topological polar surface area (TPSA) is 68.2 Å². The van der Waals surface area contributed by atoms with E-state index < -0.39 is 0 Å². The number of amides is 2. The van der Waals surface area contributed by atoms with E-state index in [9.17, 15) is 4.79 Å². The normalized spacial score (nSPS) is 10.4. The quantitative estimate of drug-likeness (QED) is 0.877. The van der Waals surface area contributed by atoms with E-state index in [0.29, 0.717) is 22.3 Å². The second-order valence-electron chi connectivity index (χ2n) is 4.82. The molecule has 2 amide bonds. The second-order valence-corrected chi connectivity index (χ2v) is 5.25. The van der Waals surface area contributed by atoms with E-state index in [0.717, 1.165) is 18.7 Å². The highest BCUT2D eigenvalue weighted by Crippen LogP contribution is 2.27. The maximum atomic E-state index is 12.2. The van der Waals surface area contributed by atoms with Gasteiger partial charge in [0.25, 0.3) is 0 Å². The molecule has 0 radical (unpaired) electrons. The molecule has 7 heteroatoms. The number of aromatic nitrogens is 2. The number of rotatable bonds is 5. The maximum absolute atomic E-state index is 12.2. The van der Waals surface area contributed by atoms with Crippen LogP contribution in [0.1, 0.15) is 19.0 Å². The number of benzene rings is 1. The summed E-state index contributed by atoms with van der Waals surface area (Å²) in [5.41, 5.74) is 1.36. The smallest absolute Gasteiger partial charge is 0.324 e. The van der Waals surface area contributed by atoms with Gasteiger partial charge in [-0.25, -0.2) is 9.48 Å². The van der Waals surface area contributed by atoms with Crippen molar-refractivity contribution in [3.8, 4) is 5.75 Å². The lowest BCUT2D eigenvalue weighted by molar-refractivity contribution is 0.262. The fourth-order valence-electron chi connectivity index (χ4n) is 2.08. The maximum Gasteiger partial charge on any atom is 0.324 e. The largest absolute Gasteiger partial charge is 0.495 e. The van der Waals surface area contributed by atoms with Crippen molar-refractivity contribution in [2.24, 2.45) is 0 Å². The zero-order valence-corrected chi connectivity index (χ0v) is 13.6. The van der Waals surface area contributed by atoms with Gasteiger partial charge in [0.1, 0.15) is 11.6 Å². The summed E-state index contributed by atoms with van der Waals surface area (Å²) in [6.07, 6.45) is 0.930. The molecule has 1 heterocycles. The van der Waals surface area contributed by atoms with Crippen LogP contribution in [0, 0.1) is 6.92 Å². The van der Waals surface area contributed by atoms with Crippen LogP contribution in [0.3, 0.4) is 0 Å². The highest BCUT2D eigenvalue weighted by atomic mass is 35.5. The first kappa shape index (κ1) is 16.2. The Morgan fingerprint density at radius 3 is 2.82 bits per heavy atom. The average molecular weight is 323 g/mol. The molecule has 1 aromatic carbocycles. The van der Waals surface area contributed by atoms with Crippen molar-refractivity contribution in [2.45, 2.75) is 26.8 Å². The van der Waals surface area contributed by atoms with Crippen LogP contribution in [0.5, 0.6) is 5.75 Å². The van der Waals surface area contributed by atoms with Gasteiger partial charge >= 0.3 is 6.03 Å². The third-order valence-corrected chi connectivity index (χ3v) is 3.22. The molecule has 0 aliphatic heterocycles. The predicted molar refractivity (Wildman–Crippen MR) is 87.9 cm³/mol. The van der Waals surface area contributed by atoms with Gasteiger partial charge in [-0.1, -0.05) is 18.5 Å². The molecule has 0 saturated carbocycles. The Bertz CT molecular complexity index is 670. The van der Waals surface area contributed by atoms with Gasteiger partial charge in [0.15, 0.2) is 0 Å². The summed E-state index contributed by atoms with van der Waals surface area (Å²) in [4.78, 5) is 12.2. The molecule has 0 unspecified atom stereocenters. The van der Waals surface area contributed by atoms with E-state index in [1.165, 1.54) is 7.11 Å². The zero-order valence-electron chi connectivity index (χ0n) is 12.8. The summed E-state index contributed by atoms with van der Waals surface area (Å²) >= 11 is 5.95. The molecule has 22 heavy (non-hydrogen) atoms. The van der Waals surface area contributed by atoms with Crippen LogP contribution in [-0.4, -0.2) is 22.9 Å². The standard InChI is InChI=1S/C15H19ClN4O2/c1-4-7-20-14(8-10(2)19-20)18-15(21)17-12-9-11(16)5-6-13(12)22-3/h5-6,8-9H,4,7H2,1-3H3,(H2,17,18,21). The Morgan fingerprint density at radius 1 is 1.36 bits per heavy atom. The number of anilines is 2. The van der Waals surface area contributed by atoms with Crippen molar-refractivity contribution in [2.75, 3.05) is 17.7 Å². The molecule has 2 N–H and O–H groups in total. The predicted octanol–water partition coefficient (Wildman–Crippen LogP) is 3.91. The van der Waals surface area contributed by atoms with Gasteiger partial charge in [-0.15, -0.1) is 0 Å². The SMILES string of the molecule is CCCn1nc(C)cc1NC(=O)Nc1cc(Cl)ccc1OC. The van der Waals surface area contributed by atoms with Gasteiger partial charge in [-0.3, -0.25) is 5.32 Å². The highest BCUT2D eigenvalue weighted by Gasteiger charge is 2.11. The van der Waals surface area contributed by atoms with Gasteiger partial charge in [-0.2, -0.15) is 5.10 Å². The van der Waals surface area contributed by atoms with Gasteiger partial charge in [0.05, 0.1) is 18.5 Å². The molecule has 0 spiro atoms. The lowest BCUT2D eigenvalue weighted by Gasteiger charge is -2.12. The third kappa shape index (κ3) is 3.92. The number of halogens is 1. The minimum Gasteiger partial charge on any atom is -0.495 e. The Kier molecular flexibility index (Phi) is 5.27. The molecule has 0 aliphatic rings. The first-order chi connectivity index (χ1) is 10.5. The van der Waals surface area contributed by atoms with Crippen LogP contribution in [-0.2, 0) is 6.54 Å². The monoisotopic (exact) mass is 322 g/mol. The van der Waals surface area contributed by atoms with Crippen LogP contribution in [0.4, 0.5) is 16.3 Å². The van der Waals surface area contributed by atoms with Crippen LogP contribution >= 0.6 is 11.6 Å². The van der Waals surface area contributed by atoms with Gasteiger partial charge in [0.2, 0.25) is 0 Å². The molecule has 6 nitrogen and oxygen atoms in total. The molecule has 0 fully saturated rings. The van der Waals surface area contributed by atoms with Crippen molar-refractivity contribution < 1.29 is 9.53 Å². The number of urea groups is 1. The van der Waals surface area contributed by atoms with E-state index in [1.54, 1.807) is 22.9 Å². The van der Waals surface area contributed by atoms with Crippen molar-refractivity contribution in [1.82, 2.24) is 9.78 Å². The minimum atomic E-state index is -0.377. The van der Waals surface area contributed by atoms with Crippen LogP contribution < -0.4 is 15.4 Å². The first-order valence-corrected chi connectivity index (χ1v) is 7.37. The fourth-order valence-corrected chi connectivity index (χ4v) is 2.25. The van der Waals surface area contributed by atoms with Crippen molar-refractivity contribution in [1.29, 1.82) is 0 Å². The van der Waals surface area contributed by atoms with Crippen LogP contribution in [0.15, 0.2) is 24.3 Å². The summed E-state index contributed by atoms with van der Waals surface area (Å²) in [7, 11) is 1.53. The van der Waals surface area contributed by atoms with Gasteiger partial charge in [0, 0.05) is 17.6 Å². The zero-order chi connectivity index (χ0) is 16.1. The number of carbonyl (C=O) groups is 1. The first-order valence-electron chi connectivity index (χ1n) is 6.99. The summed E-state index contributed by atoms with van der Waals surface area (Å²) < 4.78 is 6.97. The number of ether oxygens (including phenoxy) is 1. The fraction of sp³-hybridized carbons (Fsp3) is 0.333. The number of carbonyl (C=O) groups excluding carboxylic acids is 1.